The molecule has 1 rings (SSSR count). The van der Waals surface area contributed by atoms with Gasteiger partial charge in [-0.05, 0) is 19.8 Å². The minimum absolute atomic E-state index is 0.0158. The second kappa shape index (κ2) is 5.70. The highest BCUT2D eigenvalue weighted by Gasteiger charge is 2.20. The first-order chi connectivity index (χ1) is 7.08. The van der Waals surface area contributed by atoms with Crippen molar-refractivity contribution in [3.05, 3.63) is 0 Å². The van der Waals surface area contributed by atoms with Gasteiger partial charge in [-0.1, -0.05) is 0 Å². The summed E-state index contributed by atoms with van der Waals surface area (Å²) in [4.78, 5) is 21.8. The third-order valence-corrected chi connectivity index (χ3v) is 2.33. The number of carbonyl (C=O) groups excluding carboxylic acids is 1. The van der Waals surface area contributed by atoms with Crippen LogP contribution in [-0.4, -0.2) is 35.7 Å². The first-order valence-electron chi connectivity index (χ1n) is 5.20. The van der Waals surface area contributed by atoms with Crippen LogP contribution in [-0.2, 0) is 14.3 Å². The Hall–Kier alpha value is -1.10. The number of carbonyl (C=O) groups is 2. The average Bonchev–Trinajstić information content (AvgIpc) is 2.53. The molecule has 1 fully saturated rings. The third kappa shape index (κ3) is 4.78. The number of nitrogens with one attached hydrogen (secondary N) is 1. The van der Waals surface area contributed by atoms with Crippen molar-refractivity contribution in [3.63, 3.8) is 0 Å². The van der Waals surface area contributed by atoms with Crippen LogP contribution in [0, 0.1) is 0 Å². The normalized spacial score (nSPS) is 22.3. The highest BCUT2D eigenvalue weighted by molar-refractivity contribution is 5.77. The molecule has 86 valence electrons. The maximum absolute atomic E-state index is 11.4. The molecule has 1 aliphatic heterocycles. The molecule has 1 saturated heterocycles. The molecule has 2 unspecified atom stereocenters. The average molecular weight is 215 g/mol. The van der Waals surface area contributed by atoms with E-state index in [0.717, 1.165) is 19.4 Å². The summed E-state index contributed by atoms with van der Waals surface area (Å²) in [5.74, 6) is -1.03. The van der Waals surface area contributed by atoms with Gasteiger partial charge in [0, 0.05) is 12.6 Å². The second-order valence-electron chi connectivity index (χ2n) is 3.91. The summed E-state index contributed by atoms with van der Waals surface area (Å²) in [5.41, 5.74) is 0. The smallest absolute Gasteiger partial charge is 0.305 e. The number of rotatable bonds is 5. The van der Waals surface area contributed by atoms with Gasteiger partial charge in [0.15, 0.2) is 0 Å². The van der Waals surface area contributed by atoms with Gasteiger partial charge in [-0.2, -0.15) is 0 Å². The molecule has 0 aromatic rings. The quantitative estimate of drug-likeness (QED) is 0.701. The van der Waals surface area contributed by atoms with Gasteiger partial charge < -0.3 is 15.2 Å². The van der Waals surface area contributed by atoms with Crippen molar-refractivity contribution in [2.45, 2.75) is 44.8 Å². The van der Waals surface area contributed by atoms with Gasteiger partial charge in [-0.3, -0.25) is 9.59 Å². The number of carboxylic acid groups (broad SMARTS) is 1. The SMILES string of the molecule is CC(CC(=O)O)NC(=O)CC1CCCO1. The molecular weight excluding hydrogens is 198 g/mol. The minimum Gasteiger partial charge on any atom is -0.481 e. The van der Waals surface area contributed by atoms with E-state index < -0.39 is 5.97 Å². The fraction of sp³-hybridized carbons (Fsp3) is 0.800. The fourth-order valence-electron chi connectivity index (χ4n) is 1.66. The van der Waals surface area contributed by atoms with Gasteiger partial charge in [0.25, 0.3) is 0 Å². The third-order valence-electron chi connectivity index (χ3n) is 2.33. The van der Waals surface area contributed by atoms with Crippen LogP contribution < -0.4 is 5.32 Å². The Morgan fingerprint density at radius 1 is 1.60 bits per heavy atom. The number of amides is 1. The Balaban J connectivity index is 2.19. The van der Waals surface area contributed by atoms with Crippen LogP contribution in [0.1, 0.15) is 32.6 Å². The van der Waals surface area contributed by atoms with E-state index in [4.69, 9.17) is 9.84 Å². The predicted molar refractivity (Wildman–Crippen MR) is 53.4 cm³/mol. The van der Waals surface area contributed by atoms with Crippen LogP contribution >= 0.6 is 0 Å². The zero-order valence-electron chi connectivity index (χ0n) is 8.86. The van der Waals surface area contributed by atoms with Crippen LogP contribution in [0.5, 0.6) is 0 Å². The zero-order valence-corrected chi connectivity index (χ0v) is 8.86. The van der Waals surface area contributed by atoms with Crippen LogP contribution in [0.4, 0.5) is 0 Å². The molecule has 2 atom stereocenters. The zero-order chi connectivity index (χ0) is 11.3. The lowest BCUT2D eigenvalue weighted by Crippen LogP contribution is -2.35. The Labute approximate surface area is 88.8 Å². The Bertz CT molecular complexity index is 236. The van der Waals surface area contributed by atoms with E-state index in [1.807, 2.05) is 0 Å². The summed E-state index contributed by atoms with van der Waals surface area (Å²) in [6.45, 7) is 2.41. The van der Waals surface area contributed by atoms with Gasteiger partial charge in [0.05, 0.1) is 18.9 Å². The lowest BCUT2D eigenvalue weighted by atomic mass is 10.1. The second-order valence-corrected chi connectivity index (χ2v) is 3.91. The van der Waals surface area contributed by atoms with Crippen LogP contribution in [0.3, 0.4) is 0 Å². The molecule has 1 aliphatic rings. The summed E-state index contributed by atoms with van der Waals surface area (Å²) in [7, 11) is 0. The molecule has 0 saturated carbocycles. The monoisotopic (exact) mass is 215 g/mol. The predicted octanol–water partition coefficient (Wildman–Crippen LogP) is 0.535. The molecule has 0 aliphatic carbocycles. The molecule has 5 heteroatoms. The molecule has 0 bridgehead atoms. The van der Waals surface area contributed by atoms with Crippen molar-refractivity contribution >= 4 is 11.9 Å². The molecule has 1 heterocycles. The topological polar surface area (TPSA) is 75.6 Å². The summed E-state index contributed by atoms with van der Waals surface area (Å²) >= 11 is 0. The minimum atomic E-state index is -0.903. The number of carboxylic acids is 1. The number of hydrogen-bond acceptors (Lipinski definition) is 3. The van der Waals surface area contributed by atoms with E-state index in [9.17, 15) is 9.59 Å². The van der Waals surface area contributed by atoms with Crippen LogP contribution in [0.2, 0.25) is 0 Å². The van der Waals surface area contributed by atoms with Crippen molar-refractivity contribution in [2.75, 3.05) is 6.61 Å². The number of ether oxygens (including phenoxy) is 1. The molecule has 1 amide bonds. The van der Waals surface area contributed by atoms with E-state index in [2.05, 4.69) is 5.32 Å². The van der Waals surface area contributed by atoms with Gasteiger partial charge in [0.2, 0.25) is 5.91 Å². The highest BCUT2D eigenvalue weighted by atomic mass is 16.5. The maximum atomic E-state index is 11.4. The fourth-order valence-corrected chi connectivity index (χ4v) is 1.66. The summed E-state index contributed by atoms with van der Waals surface area (Å²) in [6, 6.07) is -0.323. The van der Waals surface area contributed by atoms with Gasteiger partial charge in [-0.25, -0.2) is 0 Å². The standard InChI is InChI=1S/C10H17NO4/c1-7(5-10(13)14)11-9(12)6-8-3-2-4-15-8/h7-8H,2-6H2,1H3,(H,11,12)(H,13,14). The molecular formula is C10H17NO4. The van der Waals surface area contributed by atoms with Crippen molar-refractivity contribution in [1.29, 1.82) is 0 Å². The number of hydrogen-bond donors (Lipinski definition) is 2. The first-order valence-corrected chi connectivity index (χ1v) is 5.20. The van der Waals surface area contributed by atoms with Crippen LogP contribution in [0.15, 0.2) is 0 Å². The Morgan fingerprint density at radius 2 is 2.33 bits per heavy atom. The summed E-state index contributed by atoms with van der Waals surface area (Å²) in [6.07, 6.45) is 2.23. The van der Waals surface area contributed by atoms with E-state index in [-0.39, 0.29) is 24.5 Å². The van der Waals surface area contributed by atoms with Crippen molar-refractivity contribution < 1.29 is 19.4 Å². The van der Waals surface area contributed by atoms with E-state index >= 15 is 0 Å². The molecule has 0 spiro atoms. The van der Waals surface area contributed by atoms with E-state index in [0.29, 0.717) is 6.42 Å². The van der Waals surface area contributed by atoms with E-state index in [1.165, 1.54) is 0 Å². The summed E-state index contributed by atoms with van der Waals surface area (Å²) in [5, 5.41) is 11.1. The Kier molecular flexibility index (Phi) is 4.55. The lowest BCUT2D eigenvalue weighted by Gasteiger charge is -2.13. The van der Waals surface area contributed by atoms with Gasteiger partial charge in [-0.15, -0.1) is 0 Å². The molecule has 2 N–H and O–H groups in total. The molecule has 0 radical (unpaired) electrons. The van der Waals surface area contributed by atoms with E-state index in [1.54, 1.807) is 6.92 Å². The van der Waals surface area contributed by atoms with Crippen molar-refractivity contribution in [2.24, 2.45) is 0 Å². The Morgan fingerprint density at radius 3 is 2.87 bits per heavy atom. The molecule has 0 aromatic carbocycles. The van der Waals surface area contributed by atoms with Gasteiger partial charge >= 0.3 is 5.97 Å². The molecule has 0 aromatic heterocycles. The first kappa shape index (κ1) is 12.0. The largest absolute Gasteiger partial charge is 0.481 e. The highest BCUT2D eigenvalue weighted by Crippen LogP contribution is 2.14. The lowest BCUT2D eigenvalue weighted by molar-refractivity contribution is -0.137. The van der Waals surface area contributed by atoms with Crippen molar-refractivity contribution in [3.8, 4) is 0 Å². The number of aliphatic carboxylic acids is 1. The molecule has 5 nitrogen and oxygen atoms in total. The maximum Gasteiger partial charge on any atom is 0.305 e. The van der Waals surface area contributed by atoms with Crippen LogP contribution in [0.25, 0.3) is 0 Å². The van der Waals surface area contributed by atoms with Crippen molar-refractivity contribution in [1.82, 2.24) is 5.32 Å². The summed E-state index contributed by atoms with van der Waals surface area (Å²) < 4.78 is 5.31. The molecule has 15 heavy (non-hydrogen) atoms. The van der Waals surface area contributed by atoms with Gasteiger partial charge in [0.1, 0.15) is 0 Å².